The highest BCUT2D eigenvalue weighted by Gasteiger charge is 2.05. The summed E-state index contributed by atoms with van der Waals surface area (Å²) in [5.41, 5.74) is 1.94. The lowest BCUT2D eigenvalue weighted by atomic mass is 10.1. The van der Waals surface area contributed by atoms with E-state index in [1.807, 2.05) is 18.2 Å². The minimum Gasteiger partial charge on any atom is -0.379 e. The van der Waals surface area contributed by atoms with Crippen molar-refractivity contribution in [1.82, 2.24) is 0 Å². The molecule has 0 amide bonds. The van der Waals surface area contributed by atoms with Crippen molar-refractivity contribution in [2.75, 3.05) is 5.32 Å². The van der Waals surface area contributed by atoms with E-state index >= 15 is 0 Å². The van der Waals surface area contributed by atoms with E-state index < -0.39 is 5.82 Å². The van der Waals surface area contributed by atoms with Crippen molar-refractivity contribution in [2.45, 2.75) is 6.54 Å². The number of benzene rings is 2. The van der Waals surface area contributed by atoms with Gasteiger partial charge in [0.15, 0.2) is 5.82 Å². The summed E-state index contributed by atoms with van der Waals surface area (Å²) in [6.45, 7) is 0.475. The van der Waals surface area contributed by atoms with E-state index in [1.54, 1.807) is 24.3 Å². The standard InChI is InChI=1S/C14H10ClFN2/c15-12-2-1-3-13(14(12)16)18-9-11-6-4-10(8-17)5-7-11/h1-7,18H,9H2. The molecule has 0 atom stereocenters. The Hall–Kier alpha value is -2.05. The van der Waals surface area contributed by atoms with Gasteiger partial charge in [0.1, 0.15) is 0 Å². The summed E-state index contributed by atoms with van der Waals surface area (Å²) in [6, 6.07) is 14.0. The molecule has 2 rings (SSSR count). The van der Waals surface area contributed by atoms with Gasteiger partial charge in [-0.2, -0.15) is 5.26 Å². The van der Waals surface area contributed by atoms with Crippen LogP contribution in [0.5, 0.6) is 0 Å². The second kappa shape index (κ2) is 5.52. The minimum absolute atomic E-state index is 0.0971. The Morgan fingerprint density at radius 1 is 1.17 bits per heavy atom. The van der Waals surface area contributed by atoms with Gasteiger partial charge in [-0.15, -0.1) is 0 Å². The smallest absolute Gasteiger partial charge is 0.164 e. The van der Waals surface area contributed by atoms with Crippen molar-refractivity contribution >= 4 is 17.3 Å². The molecule has 0 saturated heterocycles. The predicted molar refractivity (Wildman–Crippen MR) is 69.9 cm³/mol. The first kappa shape index (κ1) is 12.4. The van der Waals surface area contributed by atoms with Gasteiger partial charge in [0.2, 0.25) is 0 Å². The Morgan fingerprint density at radius 3 is 2.56 bits per heavy atom. The molecule has 4 heteroatoms. The van der Waals surface area contributed by atoms with E-state index in [9.17, 15) is 4.39 Å². The summed E-state index contributed by atoms with van der Waals surface area (Å²) in [5, 5.41) is 11.7. The summed E-state index contributed by atoms with van der Waals surface area (Å²) < 4.78 is 13.6. The summed E-state index contributed by atoms with van der Waals surface area (Å²) >= 11 is 5.68. The van der Waals surface area contributed by atoms with Gasteiger partial charge in [-0.25, -0.2) is 4.39 Å². The molecule has 2 aromatic rings. The van der Waals surface area contributed by atoms with Crippen molar-refractivity contribution < 1.29 is 4.39 Å². The number of nitrogens with zero attached hydrogens (tertiary/aromatic N) is 1. The van der Waals surface area contributed by atoms with Crippen LogP contribution in [-0.2, 0) is 6.54 Å². The number of nitriles is 1. The Balaban J connectivity index is 2.07. The highest BCUT2D eigenvalue weighted by atomic mass is 35.5. The van der Waals surface area contributed by atoms with Crippen molar-refractivity contribution in [1.29, 1.82) is 5.26 Å². The fourth-order valence-electron chi connectivity index (χ4n) is 1.53. The number of rotatable bonds is 3. The van der Waals surface area contributed by atoms with E-state index in [-0.39, 0.29) is 5.02 Å². The number of nitrogens with one attached hydrogen (secondary N) is 1. The van der Waals surface area contributed by atoms with Gasteiger partial charge in [-0.1, -0.05) is 29.8 Å². The summed E-state index contributed by atoms with van der Waals surface area (Å²) in [4.78, 5) is 0. The second-order valence-electron chi connectivity index (χ2n) is 3.76. The van der Waals surface area contributed by atoms with Crippen molar-refractivity contribution in [3.63, 3.8) is 0 Å². The van der Waals surface area contributed by atoms with E-state index in [0.717, 1.165) is 5.56 Å². The van der Waals surface area contributed by atoms with Crippen molar-refractivity contribution in [3.05, 3.63) is 64.4 Å². The fraction of sp³-hybridized carbons (Fsp3) is 0.0714. The maximum atomic E-state index is 13.6. The number of hydrogen-bond acceptors (Lipinski definition) is 2. The van der Waals surface area contributed by atoms with Gasteiger partial charge >= 0.3 is 0 Å². The van der Waals surface area contributed by atoms with Crippen LogP contribution in [0.2, 0.25) is 5.02 Å². The lowest BCUT2D eigenvalue weighted by Gasteiger charge is -2.08. The van der Waals surface area contributed by atoms with E-state index in [4.69, 9.17) is 16.9 Å². The molecule has 18 heavy (non-hydrogen) atoms. The Kier molecular flexibility index (Phi) is 3.81. The molecule has 0 aliphatic heterocycles. The molecular weight excluding hydrogens is 251 g/mol. The topological polar surface area (TPSA) is 35.8 Å². The Bertz CT molecular complexity index is 588. The average Bonchev–Trinajstić information content (AvgIpc) is 2.41. The van der Waals surface area contributed by atoms with Gasteiger partial charge in [0.25, 0.3) is 0 Å². The van der Waals surface area contributed by atoms with Crippen LogP contribution in [0.1, 0.15) is 11.1 Å². The predicted octanol–water partition coefficient (Wildman–Crippen LogP) is 3.96. The number of halogens is 2. The van der Waals surface area contributed by atoms with Gasteiger partial charge in [-0.05, 0) is 29.8 Å². The molecule has 2 nitrogen and oxygen atoms in total. The molecule has 0 bridgehead atoms. The molecule has 2 aromatic carbocycles. The number of anilines is 1. The first-order valence-corrected chi connectivity index (χ1v) is 5.75. The highest BCUT2D eigenvalue weighted by molar-refractivity contribution is 6.31. The monoisotopic (exact) mass is 260 g/mol. The van der Waals surface area contributed by atoms with Crippen LogP contribution in [-0.4, -0.2) is 0 Å². The molecule has 0 saturated carbocycles. The molecule has 0 fully saturated rings. The van der Waals surface area contributed by atoms with E-state index in [2.05, 4.69) is 5.32 Å². The first-order valence-electron chi connectivity index (χ1n) is 5.37. The van der Waals surface area contributed by atoms with Crippen molar-refractivity contribution in [3.8, 4) is 6.07 Å². The molecule has 0 aliphatic carbocycles. The zero-order valence-corrected chi connectivity index (χ0v) is 10.2. The van der Waals surface area contributed by atoms with Crippen LogP contribution >= 0.6 is 11.6 Å². The average molecular weight is 261 g/mol. The summed E-state index contributed by atoms with van der Waals surface area (Å²) in [7, 11) is 0. The molecule has 0 unspecified atom stereocenters. The van der Waals surface area contributed by atoms with Gasteiger partial charge in [0, 0.05) is 6.54 Å². The largest absolute Gasteiger partial charge is 0.379 e. The zero-order valence-electron chi connectivity index (χ0n) is 9.45. The maximum absolute atomic E-state index is 13.6. The molecule has 0 aliphatic rings. The van der Waals surface area contributed by atoms with Gasteiger partial charge in [-0.3, -0.25) is 0 Å². The minimum atomic E-state index is -0.451. The third kappa shape index (κ3) is 2.79. The van der Waals surface area contributed by atoms with Gasteiger partial charge < -0.3 is 5.32 Å². The zero-order chi connectivity index (χ0) is 13.0. The summed E-state index contributed by atoms with van der Waals surface area (Å²) in [6.07, 6.45) is 0. The molecule has 90 valence electrons. The molecule has 1 N–H and O–H groups in total. The maximum Gasteiger partial charge on any atom is 0.164 e. The normalized spacial score (nSPS) is 9.83. The third-order valence-electron chi connectivity index (χ3n) is 2.52. The van der Waals surface area contributed by atoms with E-state index in [0.29, 0.717) is 17.8 Å². The van der Waals surface area contributed by atoms with Crippen LogP contribution in [0.3, 0.4) is 0 Å². The Morgan fingerprint density at radius 2 is 1.89 bits per heavy atom. The molecule has 0 heterocycles. The molecule has 0 aromatic heterocycles. The van der Waals surface area contributed by atoms with E-state index in [1.165, 1.54) is 6.07 Å². The second-order valence-corrected chi connectivity index (χ2v) is 4.17. The highest BCUT2D eigenvalue weighted by Crippen LogP contribution is 2.22. The molecular formula is C14H10ClFN2. The van der Waals surface area contributed by atoms with Crippen LogP contribution in [0.4, 0.5) is 10.1 Å². The van der Waals surface area contributed by atoms with Crippen LogP contribution in [0, 0.1) is 17.1 Å². The quantitative estimate of drug-likeness (QED) is 0.907. The Labute approximate surface area is 110 Å². The molecule has 0 spiro atoms. The fourth-order valence-corrected chi connectivity index (χ4v) is 1.71. The number of hydrogen-bond donors (Lipinski definition) is 1. The van der Waals surface area contributed by atoms with Crippen LogP contribution in [0.25, 0.3) is 0 Å². The SMILES string of the molecule is N#Cc1ccc(CNc2cccc(Cl)c2F)cc1. The van der Waals surface area contributed by atoms with Gasteiger partial charge in [0.05, 0.1) is 22.3 Å². The van der Waals surface area contributed by atoms with Crippen LogP contribution < -0.4 is 5.32 Å². The van der Waals surface area contributed by atoms with Crippen LogP contribution in [0.15, 0.2) is 42.5 Å². The summed E-state index contributed by atoms with van der Waals surface area (Å²) in [5.74, 6) is -0.451. The lowest BCUT2D eigenvalue weighted by Crippen LogP contribution is -2.01. The first-order chi connectivity index (χ1) is 8.70. The molecule has 0 radical (unpaired) electrons. The van der Waals surface area contributed by atoms with Crippen molar-refractivity contribution in [2.24, 2.45) is 0 Å². The lowest BCUT2D eigenvalue weighted by molar-refractivity contribution is 0.630. The third-order valence-corrected chi connectivity index (χ3v) is 2.81.